The molecule has 11 heteroatoms. The van der Waals surface area contributed by atoms with E-state index in [1.54, 1.807) is 18.3 Å². The van der Waals surface area contributed by atoms with E-state index >= 15 is 0 Å². The van der Waals surface area contributed by atoms with Gasteiger partial charge in [0.05, 0.1) is 61.1 Å². The van der Waals surface area contributed by atoms with E-state index in [4.69, 9.17) is 40.8 Å². The first kappa shape index (κ1) is 26.3. The molecular formula is C28H30ClN5O4S. The Hall–Kier alpha value is -2.89. The molecule has 0 spiro atoms. The molecule has 0 atom stereocenters. The maximum Gasteiger partial charge on any atom is 0.340 e. The molecule has 0 bridgehead atoms. The normalized spacial score (nSPS) is 16.7. The molecule has 204 valence electrons. The second kappa shape index (κ2) is 11.3. The lowest BCUT2D eigenvalue weighted by Gasteiger charge is -2.29. The third-order valence-electron chi connectivity index (χ3n) is 7.07. The number of hydrogen-bond donors (Lipinski definition) is 0. The Kier molecular flexibility index (Phi) is 7.64. The molecule has 6 rings (SSSR count). The monoisotopic (exact) mass is 567 g/mol. The number of rotatable bonds is 6. The van der Waals surface area contributed by atoms with Crippen molar-refractivity contribution in [1.29, 1.82) is 0 Å². The molecule has 0 unspecified atom stereocenters. The molecule has 2 aliphatic rings. The molecule has 4 aromatic rings. The van der Waals surface area contributed by atoms with Crippen molar-refractivity contribution in [2.24, 2.45) is 0 Å². The Morgan fingerprint density at radius 2 is 1.72 bits per heavy atom. The summed E-state index contributed by atoms with van der Waals surface area (Å²) in [7, 11) is 0. The number of fused-ring (bicyclic) bond motifs is 3. The minimum atomic E-state index is -0.398. The van der Waals surface area contributed by atoms with E-state index in [1.807, 2.05) is 31.2 Å². The van der Waals surface area contributed by atoms with Crippen molar-refractivity contribution >= 4 is 55.2 Å². The quantitative estimate of drug-likeness (QED) is 0.307. The number of halogens is 1. The molecule has 0 N–H and O–H groups in total. The maximum atomic E-state index is 13.3. The zero-order chi connectivity index (χ0) is 26.9. The lowest BCUT2D eigenvalue weighted by atomic mass is 9.95. The van der Waals surface area contributed by atoms with Crippen LogP contribution >= 0.6 is 22.9 Å². The van der Waals surface area contributed by atoms with E-state index in [-0.39, 0.29) is 6.61 Å². The second-order valence-electron chi connectivity index (χ2n) is 9.59. The molecule has 0 aliphatic carbocycles. The number of pyridine rings is 1. The summed E-state index contributed by atoms with van der Waals surface area (Å²) < 4.78 is 17.6. The van der Waals surface area contributed by atoms with Gasteiger partial charge in [-0.25, -0.2) is 19.7 Å². The smallest absolute Gasteiger partial charge is 0.340 e. The fourth-order valence-electron chi connectivity index (χ4n) is 5.19. The zero-order valence-electron chi connectivity index (χ0n) is 22.0. The van der Waals surface area contributed by atoms with Crippen LogP contribution in [0.15, 0.2) is 24.3 Å². The first-order valence-electron chi connectivity index (χ1n) is 13.2. The van der Waals surface area contributed by atoms with Crippen molar-refractivity contribution in [1.82, 2.24) is 19.9 Å². The highest BCUT2D eigenvalue weighted by molar-refractivity contribution is 7.26. The predicted molar refractivity (Wildman–Crippen MR) is 153 cm³/mol. The summed E-state index contributed by atoms with van der Waals surface area (Å²) in [4.78, 5) is 33.8. The Morgan fingerprint density at radius 1 is 1.03 bits per heavy atom. The molecule has 9 nitrogen and oxygen atoms in total. The van der Waals surface area contributed by atoms with Crippen LogP contribution < -0.4 is 4.90 Å². The minimum Gasteiger partial charge on any atom is -0.462 e. The van der Waals surface area contributed by atoms with Crippen molar-refractivity contribution in [3.8, 4) is 11.1 Å². The molecule has 39 heavy (non-hydrogen) atoms. The predicted octanol–water partition coefficient (Wildman–Crippen LogP) is 4.71. The van der Waals surface area contributed by atoms with Crippen molar-refractivity contribution < 1.29 is 19.0 Å². The lowest BCUT2D eigenvalue weighted by Crippen LogP contribution is -2.38. The van der Waals surface area contributed by atoms with Gasteiger partial charge in [0, 0.05) is 42.2 Å². The van der Waals surface area contributed by atoms with Gasteiger partial charge in [-0.3, -0.25) is 4.90 Å². The number of carbonyl (C=O) groups is 1. The molecule has 0 radical (unpaired) electrons. The van der Waals surface area contributed by atoms with Crippen LogP contribution in [-0.2, 0) is 20.8 Å². The van der Waals surface area contributed by atoms with Crippen LogP contribution in [-0.4, -0.2) is 85.0 Å². The fraction of sp³-hybridized carbons (Fsp3) is 0.429. The first-order chi connectivity index (χ1) is 19.0. The molecule has 2 saturated heterocycles. The molecule has 0 saturated carbocycles. The Morgan fingerprint density at radius 3 is 2.41 bits per heavy atom. The second-order valence-corrected chi connectivity index (χ2v) is 11.0. The average Bonchev–Trinajstić information content (AvgIpc) is 3.31. The summed E-state index contributed by atoms with van der Waals surface area (Å²) in [6.45, 7) is 10.4. The molecule has 5 heterocycles. The summed E-state index contributed by atoms with van der Waals surface area (Å²) in [5.74, 6) is 1.24. The van der Waals surface area contributed by atoms with Crippen molar-refractivity contribution in [2.45, 2.75) is 20.4 Å². The molecule has 2 aliphatic heterocycles. The number of aryl methyl sites for hydroxylation is 1. The van der Waals surface area contributed by atoms with E-state index in [1.165, 1.54) is 0 Å². The first-order valence-corrected chi connectivity index (χ1v) is 14.4. The summed E-state index contributed by atoms with van der Waals surface area (Å²) in [5.41, 5.74) is 3.50. The fourth-order valence-corrected chi connectivity index (χ4v) is 6.51. The average molecular weight is 568 g/mol. The van der Waals surface area contributed by atoms with Gasteiger partial charge in [0.2, 0.25) is 0 Å². The summed E-state index contributed by atoms with van der Waals surface area (Å²) in [5, 5.41) is 1.46. The topological polar surface area (TPSA) is 89.9 Å². The van der Waals surface area contributed by atoms with Crippen LogP contribution in [0.3, 0.4) is 0 Å². The van der Waals surface area contributed by atoms with Gasteiger partial charge in [0.1, 0.15) is 10.7 Å². The Balaban J connectivity index is 1.63. The molecule has 1 aromatic carbocycles. The van der Waals surface area contributed by atoms with Gasteiger partial charge in [-0.1, -0.05) is 23.7 Å². The van der Waals surface area contributed by atoms with Gasteiger partial charge in [0.25, 0.3) is 0 Å². The van der Waals surface area contributed by atoms with Gasteiger partial charge in [-0.05, 0) is 31.5 Å². The highest BCUT2D eigenvalue weighted by atomic mass is 35.5. The number of thiophene rings is 1. The number of morpholine rings is 2. The number of ether oxygens (including phenoxy) is 3. The van der Waals surface area contributed by atoms with Crippen LogP contribution in [0, 0.1) is 6.92 Å². The Bertz CT molecular complexity index is 1510. The highest BCUT2D eigenvalue weighted by Crippen LogP contribution is 2.44. The SMILES string of the molecule is CCOC(=O)c1c(C)nc2sc3c(N4CCOCC4)nc(CN4CCOCC4)nc3c2c1-c1ccc(Cl)cc1. The van der Waals surface area contributed by atoms with Crippen molar-refractivity contribution in [3.63, 3.8) is 0 Å². The van der Waals surface area contributed by atoms with Gasteiger partial charge >= 0.3 is 5.97 Å². The number of esters is 1. The maximum absolute atomic E-state index is 13.3. The molecule has 0 amide bonds. The van der Waals surface area contributed by atoms with E-state index in [0.29, 0.717) is 49.3 Å². The van der Waals surface area contributed by atoms with Gasteiger partial charge in [0.15, 0.2) is 5.82 Å². The van der Waals surface area contributed by atoms with Crippen LogP contribution in [0.25, 0.3) is 31.6 Å². The largest absolute Gasteiger partial charge is 0.462 e. The van der Waals surface area contributed by atoms with Gasteiger partial charge < -0.3 is 19.1 Å². The van der Waals surface area contributed by atoms with Crippen LogP contribution in [0.5, 0.6) is 0 Å². The van der Waals surface area contributed by atoms with Crippen molar-refractivity contribution in [2.75, 3.05) is 64.1 Å². The third-order valence-corrected chi connectivity index (χ3v) is 8.39. The van der Waals surface area contributed by atoms with E-state index in [9.17, 15) is 4.79 Å². The van der Waals surface area contributed by atoms with Gasteiger partial charge in [-0.15, -0.1) is 11.3 Å². The summed E-state index contributed by atoms with van der Waals surface area (Å²) in [6, 6.07) is 7.53. The number of hydrogen-bond acceptors (Lipinski definition) is 10. The standard InChI is InChI=1S/C28H30ClN5O4S/c1-3-38-28(35)21-17(2)30-27-23(22(21)18-4-6-19(29)7-5-18)24-25(39-27)26(34-10-14-37-15-11-34)32-20(31-24)16-33-8-12-36-13-9-33/h4-7H,3,8-16H2,1-2H3. The van der Waals surface area contributed by atoms with Crippen LogP contribution in [0.4, 0.5) is 5.82 Å². The number of aromatic nitrogens is 3. The van der Waals surface area contributed by atoms with Crippen molar-refractivity contribution in [3.05, 3.63) is 46.4 Å². The number of anilines is 1. The number of benzene rings is 1. The van der Waals surface area contributed by atoms with E-state index in [2.05, 4.69) is 9.80 Å². The summed E-state index contributed by atoms with van der Waals surface area (Å²) >= 11 is 7.81. The molecule has 3 aromatic heterocycles. The highest BCUT2D eigenvalue weighted by Gasteiger charge is 2.28. The van der Waals surface area contributed by atoms with Gasteiger partial charge in [-0.2, -0.15) is 0 Å². The molecule has 2 fully saturated rings. The summed E-state index contributed by atoms with van der Waals surface area (Å²) in [6.07, 6.45) is 0. The third kappa shape index (κ3) is 5.19. The van der Waals surface area contributed by atoms with E-state index in [0.717, 1.165) is 69.4 Å². The number of carbonyl (C=O) groups excluding carboxylic acids is 1. The molecular weight excluding hydrogens is 538 g/mol. The minimum absolute atomic E-state index is 0.272. The van der Waals surface area contributed by atoms with E-state index < -0.39 is 5.97 Å². The van der Waals surface area contributed by atoms with Crippen LogP contribution in [0.1, 0.15) is 28.8 Å². The number of nitrogens with zero attached hydrogens (tertiary/aromatic N) is 5. The lowest BCUT2D eigenvalue weighted by molar-refractivity contribution is 0.0331. The zero-order valence-corrected chi connectivity index (χ0v) is 23.6. The Labute approximate surface area is 235 Å². The van der Waals surface area contributed by atoms with Crippen LogP contribution in [0.2, 0.25) is 5.02 Å².